The third kappa shape index (κ3) is 2.54. The highest BCUT2D eigenvalue weighted by molar-refractivity contribution is 5.74. The Bertz CT molecular complexity index is 661. The van der Waals surface area contributed by atoms with Crippen LogP contribution in [0.25, 0.3) is 5.69 Å². The molecule has 0 aliphatic heterocycles. The van der Waals surface area contributed by atoms with Gasteiger partial charge in [0.2, 0.25) is 11.8 Å². The minimum Gasteiger partial charge on any atom is -0.494 e. The van der Waals surface area contributed by atoms with Gasteiger partial charge < -0.3 is 20.6 Å². The van der Waals surface area contributed by atoms with E-state index >= 15 is 0 Å². The predicted octanol–water partition coefficient (Wildman–Crippen LogP) is 2.00. The molecule has 0 fully saturated rings. The van der Waals surface area contributed by atoms with Crippen LogP contribution in [0.1, 0.15) is 11.1 Å². The Kier molecular flexibility index (Phi) is 3.56. The maximum absolute atomic E-state index is 10.5. The number of aliphatic carboxylic acids is 1. The average Bonchev–Trinajstić information content (AvgIpc) is 2.63. The second-order valence-corrected chi connectivity index (χ2v) is 4.61. The van der Waals surface area contributed by atoms with Crippen LogP contribution in [0.4, 0.5) is 5.69 Å². The van der Waals surface area contributed by atoms with Crippen molar-refractivity contribution in [2.24, 2.45) is 0 Å². The van der Waals surface area contributed by atoms with Crippen LogP contribution in [-0.4, -0.2) is 32.4 Å². The molecular formula is C14H16N2O4. The number of aromatic hydroxyl groups is 2. The standard InChI is InChI=1S/C14H16N2O4/c1-8-3-4-11(9(2)5-8)16-12(17)6-10(14(16)20)15-7-13(18)19/h3-6,15,17,20H,7H2,1-2H3,(H,18,19). The van der Waals surface area contributed by atoms with E-state index in [0.717, 1.165) is 11.1 Å². The van der Waals surface area contributed by atoms with E-state index in [2.05, 4.69) is 5.32 Å². The van der Waals surface area contributed by atoms with Crippen LogP contribution in [0.5, 0.6) is 11.8 Å². The fraction of sp³-hybridized carbons (Fsp3) is 0.214. The van der Waals surface area contributed by atoms with Crippen LogP contribution in [-0.2, 0) is 4.79 Å². The van der Waals surface area contributed by atoms with E-state index in [9.17, 15) is 15.0 Å². The summed E-state index contributed by atoms with van der Waals surface area (Å²) in [5, 5.41) is 31.2. The van der Waals surface area contributed by atoms with E-state index in [-0.39, 0.29) is 24.0 Å². The van der Waals surface area contributed by atoms with Crippen LogP contribution >= 0.6 is 0 Å². The highest BCUT2D eigenvalue weighted by Crippen LogP contribution is 2.36. The zero-order valence-corrected chi connectivity index (χ0v) is 11.2. The Balaban J connectivity index is 2.44. The molecular weight excluding hydrogens is 260 g/mol. The van der Waals surface area contributed by atoms with Crippen LogP contribution in [0, 0.1) is 13.8 Å². The highest BCUT2D eigenvalue weighted by Gasteiger charge is 2.17. The predicted molar refractivity (Wildman–Crippen MR) is 74.7 cm³/mol. The van der Waals surface area contributed by atoms with Crippen molar-refractivity contribution in [1.29, 1.82) is 0 Å². The van der Waals surface area contributed by atoms with Crippen LogP contribution in [0.3, 0.4) is 0 Å². The number of nitrogens with zero attached hydrogens (tertiary/aromatic N) is 1. The summed E-state index contributed by atoms with van der Waals surface area (Å²) in [5.74, 6) is -1.44. The van der Waals surface area contributed by atoms with E-state index in [1.54, 1.807) is 6.07 Å². The van der Waals surface area contributed by atoms with Gasteiger partial charge in [0.1, 0.15) is 12.2 Å². The first-order valence-corrected chi connectivity index (χ1v) is 6.07. The van der Waals surface area contributed by atoms with Crippen LogP contribution < -0.4 is 5.32 Å². The number of carboxylic acids is 1. The van der Waals surface area contributed by atoms with Crippen molar-refractivity contribution >= 4 is 11.7 Å². The van der Waals surface area contributed by atoms with E-state index in [4.69, 9.17) is 5.11 Å². The molecule has 6 nitrogen and oxygen atoms in total. The van der Waals surface area contributed by atoms with Gasteiger partial charge in [0.05, 0.1) is 5.69 Å². The van der Waals surface area contributed by atoms with Gasteiger partial charge in [-0.1, -0.05) is 17.7 Å². The van der Waals surface area contributed by atoms with E-state index in [1.807, 2.05) is 26.0 Å². The Labute approximate surface area is 115 Å². The second kappa shape index (κ2) is 5.16. The van der Waals surface area contributed by atoms with Crippen molar-refractivity contribution in [3.8, 4) is 17.4 Å². The van der Waals surface area contributed by atoms with Gasteiger partial charge >= 0.3 is 5.97 Å². The highest BCUT2D eigenvalue weighted by atomic mass is 16.4. The number of carbonyl (C=O) groups is 1. The third-order valence-corrected chi connectivity index (χ3v) is 2.98. The molecule has 0 radical (unpaired) electrons. The fourth-order valence-electron chi connectivity index (χ4n) is 2.08. The molecule has 1 aromatic carbocycles. The van der Waals surface area contributed by atoms with E-state index in [1.165, 1.54) is 10.6 Å². The number of hydrogen-bond donors (Lipinski definition) is 4. The normalized spacial score (nSPS) is 10.5. The quantitative estimate of drug-likeness (QED) is 0.685. The van der Waals surface area contributed by atoms with Gasteiger partial charge in [-0.15, -0.1) is 0 Å². The zero-order chi connectivity index (χ0) is 14.9. The van der Waals surface area contributed by atoms with Gasteiger partial charge in [0.25, 0.3) is 0 Å². The fourth-order valence-corrected chi connectivity index (χ4v) is 2.08. The summed E-state index contributed by atoms with van der Waals surface area (Å²) in [4.78, 5) is 10.5. The van der Waals surface area contributed by atoms with Gasteiger partial charge in [0.15, 0.2) is 0 Å². The molecule has 0 saturated carbocycles. The number of aromatic nitrogens is 1. The monoisotopic (exact) mass is 276 g/mol. The lowest BCUT2D eigenvalue weighted by Crippen LogP contribution is -2.12. The molecule has 0 spiro atoms. The molecule has 4 N–H and O–H groups in total. The SMILES string of the molecule is Cc1ccc(-n2c(O)cc(NCC(=O)O)c2O)c(C)c1. The van der Waals surface area contributed by atoms with Crippen molar-refractivity contribution in [1.82, 2.24) is 4.57 Å². The molecule has 2 rings (SSSR count). The maximum Gasteiger partial charge on any atom is 0.322 e. The van der Waals surface area contributed by atoms with Crippen LogP contribution in [0.15, 0.2) is 24.3 Å². The molecule has 0 unspecified atom stereocenters. The first kappa shape index (κ1) is 13.8. The molecule has 0 aliphatic carbocycles. The third-order valence-electron chi connectivity index (χ3n) is 2.98. The Morgan fingerprint density at radius 3 is 2.55 bits per heavy atom. The lowest BCUT2D eigenvalue weighted by Gasteiger charge is -2.11. The number of rotatable bonds is 4. The number of benzene rings is 1. The summed E-state index contributed by atoms with van der Waals surface area (Å²) in [7, 11) is 0. The maximum atomic E-state index is 10.5. The van der Waals surface area contributed by atoms with Crippen molar-refractivity contribution in [2.45, 2.75) is 13.8 Å². The molecule has 1 aromatic heterocycles. The molecule has 1 heterocycles. The minimum atomic E-state index is -1.05. The molecule has 2 aromatic rings. The molecule has 0 atom stereocenters. The van der Waals surface area contributed by atoms with Gasteiger partial charge in [-0.2, -0.15) is 0 Å². The van der Waals surface area contributed by atoms with E-state index < -0.39 is 5.97 Å². The van der Waals surface area contributed by atoms with Crippen LogP contribution in [0.2, 0.25) is 0 Å². The summed E-state index contributed by atoms with van der Waals surface area (Å²) >= 11 is 0. The van der Waals surface area contributed by atoms with Gasteiger partial charge in [0, 0.05) is 6.07 Å². The molecule has 0 bridgehead atoms. The molecule has 0 amide bonds. The lowest BCUT2D eigenvalue weighted by atomic mass is 10.1. The first-order valence-electron chi connectivity index (χ1n) is 6.07. The average molecular weight is 276 g/mol. The van der Waals surface area contributed by atoms with Crippen molar-refractivity contribution in [3.63, 3.8) is 0 Å². The summed E-state index contributed by atoms with van der Waals surface area (Å²) < 4.78 is 1.26. The summed E-state index contributed by atoms with van der Waals surface area (Å²) in [6, 6.07) is 6.87. The van der Waals surface area contributed by atoms with E-state index in [0.29, 0.717) is 5.69 Å². The molecule has 20 heavy (non-hydrogen) atoms. The van der Waals surface area contributed by atoms with Crippen molar-refractivity contribution < 1.29 is 20.1 Å². The molecule has 6 heteroatoms. The minimum absolute atomic E-state index is 0.164. The van der Waals surface area contributed by atoms with Gasteiger partial charge in [-0.05, 0) is 25.5 Å². The number of hydrogen-bond acceptors (Lipinski definition) is 4. The molecule has 106 valence electrons. The Morgan fingerprint density at radius 2 is 1.95 bits per heavy atom. The smallest absolute Gasteiger partial charge is 0.322 e. The topological polar surface area (TPSA) is 94.7 Å². The lowest BCUT2D eigenvalue weighted by molar-refractivity contribution is -0.134. The zero-order valence-electron chi connectivity index (χ0n) is 11.2. The number of aryl methyl sites for hydroxylation is 2. The van der Waals surface area contributed by atoms with Gasteiger partial charge in [-0.3, -0.25) is 4.79 Å². The Morgan fingerprint density at radius 1 is 1.25 bits per heavy atom. The number of nitrogens with one attached hydrogen (secondary N) is 1. The summed E-state index contributed by atoms with van der Waals surface area (Å²) in [5.41, 5.74) is 2.76. The van der Waals surface area contributed by atoms with Crippen molar-refractivity contribution in [3.05, 3.63) is 35.4 Å². The first-order chi connectivity index (χ1) is 9.40. The number of carboxylic acid groups (broad SMARTS) is 1. The second-order valence-electron chi connectivity index (χ2n) is 4.61. The molecule has 0 saturated heterocycles. The Hall–Kier alpha value is -2.63. The molecule has 0 aliphatic rings. The largest absolute Gasteiger partial charge is 0.494 e. The summed E-state index contributed by atoms with van der Waals surface area (Å²) in [6.07, 6.45) is 0. The summed E-state index contributed by atoms with van der Waals surface area (Å²) in [6.45, 7) is 3.47. The number of anilines is 1. The van der Waals surface area contributed by atoms with Gasteiger partial charge in [-0.25, -0.2) is 4.57 Å². The van der Waals surface area contributed by atoms with Crippen molar-refractivity contribution in [2.75, 3.05) is 11.9 Å².